The fourth-order valence-electron chi connectivity index (χ4n) is 7.69. The molecule has 52 heavy (non-hydrogen) atoms. The van der Waals surface area contributed by atoms with E-state index in [-0.39, 0.29) is 0 Å². The molecule has 5 aliphatic rings. The van der Waals surface area contributed by atoms with Gasteiger partial charge >= 0.3 is 0 Å². The highest BCUT2D eigenvalue weighted by molar-refractivity contribution is 6.24. The van der Waals surface area contributed by atoms with E-state index < -0.39 is 0 Å². The minimum atomic E-state index is 0.514. The molecule has 0 radical (unpaired) electrons. The van der Waals surface area contributed by atoms with Crippen LogP contribution < -0.4 is 15.5 Å². The molecule has 0 unspecified atom stereocenters. The van der Waals surface area contributed by atoms with Gasteiger partial charge in [0.25, 0.3) is 0 Å². The molecule has 0 atom stereocenters. The Labute approximate surface area is 303 Å². The van der Waals surface area contributed by atoms with Crippen LogP contribution in [0.5, 0.6) is 0 Å². The Morgan fingerprint density at radius 3 is 2.33 bits per heavy atom. The number of aromatic nitrogens is 4. The topological polar surface area (TPSA) is 132 Å². The molecule has 0 bridgehead atoms. The Hall–Kier alpha value is -6.04. The number of piperidine rings is 1. The highest BCUT2D eigenvalue weighted by Gasteiger charge is 2.32. The SMILES string of the molecule is C1=NC2=NC(c3ccc(C4CCCCCC4)cc3Nc3cccnn3)=CC3=CC(c4ccc(N5CCCCC5)cc4Nc4ncccn4)=NC(=N1)N32. The minimum absolute atomic E-state index is 0.514. The van der Waals surface area contributed by atoms with E-state index in [4.69, 9.17) is 9.98 Å². The average Bonchev–Trinajstić information content (AvgIpc) is 3.49. The molecule has 4 aliphatic heterocycles. The maximum atomic E-state index is 5.05. The first-order chi connectivity index (χ1) is 25.7. The highest BCUT2D eigenvalue weighted by atomic mass is 15.4. The summed E-state index contributed by atoms with van der Waals surface area (Å²) in [5, 5.41) is 15.5. The summed E-state index contributed by atoms with van der Waals surface area (Å²) in [6.45, 7) is 2.09. The molecule has 12 nitrogen and oxygen atoms in total. The van der Waals surface area contributed by atoms with Crippen molar-refractivity contribution < 1.29 is 0 Å². The first kappa shape index (κ1) is 31.9. The number of hydrogen-bond acceptors (Lipinski definition) is 12. The van der Waals surface area contributed by atoms with Gasteiger partial charge in [0.15, 0.2) is 5.82 Å². The first-order valence-electron chi connectivity index (χ1n) is 18.4. The molecule has 0 spiro atoms. The van der Waals surface area contributed by atoms with Crippen LogP contribution in [0.15, 0.2) is 111 Å². The number of hydrogen-bond donors (Lipinski definition) is 2. The van der Waals surface area contributed by atoms with Gasteiger partial charge in [-0.25, -0.2) is 34.8 Å². The van der Waals surface area contributed by atoms with Gasteiger partial charge in [-0.3, -0.25) is 0 Å². The molecule has 2 N–H and O–H groups in total. The summed E-state index contributed by atoms with van der Waals surface area (Å²) in [4.78, 5) is 32.5. The molecule has 1 saturated heterocycles. The zero-order chi connectivity index (χ0) is 34.7. The smallest absolute Gasteiger partial charge is 0.239 e. The van der Waals surface area contributed by atoms with Crippen LogP contribution in [0.3, 0.4) is 0 Å². The second kappa shape index (κ2) is 14.3. The van der Waals surface area contributed by atoms with Gasteiger partial charge in [-0.1, -0.05) is 37.8 Å². The lowest BCUT2D eigenvalue weighted by Crippen LogP contribution is -2.40. The van der Waals surface area contributed by atoms with Crippen LogP contribution in [0.4, 0.5) is 28.8 Å². The van der Waals surface area contributed by atoms with Crippen LogP contribution in [-0.2, 0) is 0 Å². The normalized spacial score (nSPS) is 18.7. The second-order valence-corrected chi connectivity index (χ2v) is 13.7. The number of rotatable bonds is 8. The Morgan fingerprint density at radius 1 is 0.692 bits per heavy atom. The third-order valence-corrected chi connectivity index (χ3v) is 10.3. The van der Waals surface area contributed by atoms with Crippen molar-refractivity contribution in [1.82, 2.24) is 25.1 Å². The molecule has 12 heteroatoms. The van der Waals surface area contributed by atoms with Crippen LogP contribution in [0.1, 0.15) is 80.4 Å². The fraction of sp³-hybridized carbons (Fsp3) is 0.300. The van der Waals surface area contributed by atoms with Crippen molar-refractivity contribution in [2.45, 2.75) is 63.7 Å². The van der Waals surface area contributed by atoms with E-state index in [1.165, 1.54) is 75.4 Å². The lowest BCUT2D eigenvalue weighted by atomic mass is 9.90. The molecule has 1 saturated carbocycles. The summed E-state index contributed by atoms with van der Waals surface area (Å²) in [7, 11) is 0. The predicted molar refractivity (Wildman–Crippen MR) is 208 cm³/mol. The molecule has 4 aromatic rings. The molecule has 0 amide bonds. The maximum Gasteiger partial charge on any atom is 0.239 e. The maximum absolute atomic E-state index is 5.05. The van der Waals surface area contributed by atoms with E-state index in [0.29, 0.717) is 29.6 Å². The second-order valence-electron chi connectivity index (χ2n) is 13.7. The van der Waals surface area contributed by atoms with E-state index in [1.54, 1.807) is 18.6 Å². The van der Waals surface area contributed by atoms with Crippen molar-refractivity contribution in [2.24, 2.45) is 20.0 Å². The summed E-state index contributed by atoms with van der Waals surface area (Å²) in [5.41, 5.74) is 8.62. The van der Waals surface area contributed by atoms with Crippen molar-refractivity contribution in [2.75, 3.05) is 28.6 Å². The minimum Gasteiger partial charge on any atom is -0.371 e. The van der Waals surface area contributed by atoms with E-state index in [2.05, 4.69) is 94.2 Å². The van der Waals surface area contributed by atoms with Crippen molar-refractivity contribution in [3.05, 3.63) is 108 Å². The molecule has 1 aliphatic carbocycles. The highest BCUT2D eigenvalue weighted by Crippen LogP contribution is 2.39. The van der Waals surface area contributed by atoms with Crippen LogP contribution in [0, 0.1) is 0 Å². The number of aliphatic imine (C=N–C) groups is 4. The van der Waals surface area contributed by atoms with Crippen molar-refractivity contribution in [3.63, 3.8) is 0 Å². The summed E-state index contributed by atoms with van der Waals surface area (Å²) in [5.74, 6) is 2.77. The Morgan fingerprint density at radius 2 is 1.50 bits per heavy atom. The zero-order valence-electron chi connectivity index (χ0n) is 29.0. The third-order valence-electron chi connectivity index (χ3n) is 10.3. The van der Waals surface area contributed by atoms with E-state index in [1.807, 2.05) is 23.1 Å². The molecule has 260 valence electrons. The monoisotopic (exact) mass is 688 g/mol. The van der Waals surface area contributed by atoms with Gasteiger partial charge < -0.3 is 15.5 Å². The zero-order valence-corrected chi connectivity index (χ0v) is 29.0. The van der Waals surface area contributed by atoms with Gasteiger partial charge in [0.2, 0.25) is 17.9 Å². The summed E-state index contributed by atoms with van der Waals surface area (Å²) in [6.07, 6.45) is 22.1. The van der Waals surface area contributed by atoms with Crippen molar-refractivity contribution in [1.29, 1.82) is 0 Å². The van der Waals surface area contributed by atoms with E-state index in [9.17, 15) is 0 Å². The molecule has 2 aromatic heterocycles. The number of anilines is 5. The first-order valence-corrected chi connectivity index (χ1v) is 18.4. The molecule has 2 fully saturated rings. The van der Waals surface area contributed by atoms with Crippen LogP contribution in [-0.4, -0.2) is 62.1 Å². The summed E-state index contributed by atoms with van der Waals surface area (Å²) in [6, 6.07) is 18.9. The molecular formula is C40H40N12. The van der Waals surface area contributed by atoms with Gasteiger partial charge in [0.05, 0.1) is 22.8 Å². The van der Waals surface area contributed by atoms with Gasteiger partial charge in [0.1, 0.15) is 6.34 Å². The summed E-state index contributed by atoms with van der Waals surface area (Å²) >= 11 is 0. The van der Waals surface area contributed by atoms with E-state index in [0.717, 1.165) is 52.7 Å². The molecule has 9 rings (SSSR count). The molecular weight excluding hydrogens is 649 g/mol. The number of guanidine groups is 2. The number of nitrogens with zero attached hydrogens (tertiary/aromatic N) is 10. The Balaban J connectivity index is 1.12. The van der Waals surface area contributed by atoms with Gasteiger partial charge in [-0.2, -0.15) is 5.10 Å². The fourth-order valence-corrected chi connectivity index (χ4v) is 7.69. The van der Waals surface area contributed by atoms with Gasteiger partial charge in [0, 0.05) is 54.2 Å². The largest absolute Gasteiger partial charge is 0.371 e. The Bertz CT molecular complexity index is 2140. The lowest BCUT2D eigenvalue weighted by Gasteiger charge is -2.32. The van der Waals surface area contributed by atoms with Crippen molar-refractivity contribution in [3.8, 4) is 0 Å². The third kappa shape index (κ3) is 6.59. The standard InChI is InChI=1S/C40H40N12/c1-2-5-11-27(10-4-1)28-13-15-31(33(22-28)46-37-12-8-19-45-50-37)35-24-30-25-36(49-40-44-26-43-39(48-35)52(30)40)32-16-14-29(51-20-6-3-7-21-51)23-34(32)47-38-41-17-9-18-42-38/h8-9,12-19,22-27H,1-7,10-11,20-21H2,(H,46,50)(H,41,42,47). The van der Waals surface area contributed by atoms with Gasteiger partial charge in [-0.15, -0.1) is 5.10 Å². The average molecular weight is 689 g/mol. The Kier molecular flexibility index (Phi) is 8.77. The number of benzene rings is 2. The van der Waals surface area contributed by atoms with E-state index >= 15 is 0 Å². The van der Waals surface area contributed by atoms with Crippen LogP contribution >= 0.6 is 0 Å². The van der Waals surface area contributed by atoms with Crippen LogP contribution in [0.2, 0.25) is 0 Å². The number of allylic oxidation sites excluding steroid dienone is 2. The van der Waals surface area contributed by atoms with Crippen molar-refractivity contribution >= 4 is 58.5 Å². The number of nitrogens with one attached hydrogen (secondary N) is 2. The molecule has 6 heterocycles. The lowest BCUT2D eigenvalue weighted by molar-refractivity contribution is 0.578. The van der Waals surface area contributed by atoms with Gasteiger partial charge in [-0.05, 0) is 98.2 Å². The summed E-state index contributed by atoms with van der Waals surface area (Å²) < 4.78 is 0. The molecule has 2 aromatic carbocycles. The predicted octanol–water partition coefficient (Wildman–Crippen LogP) is 7.98. The van der Waals surface area contributed by atoms with Crippen LogP contribution in [0.25, 0.3) is 5.70 Å². The quantitative estimate of drug-likeness (QED) is 0.178.